The van der Waals surface area contributed by atoms with E-state index in [1.165, 1.54) is 0 Å². The second-order valence-electron chi connectivity index (χ2n) is 7.02. The lowest BCUT2D eigenvalue weighted by Crippen LogP contribution is -2.48. The van der Waals surface area contributed by atoms with Gasteiger partial charge in [-0.3, -0.25) is 9.59 Å². The molecule has 146 valence electrons. The van der Waals surface area contributed by atoms with Crippen LogP contribution >= 0.6 is 22.6 Å². The van der Waals surface area contributed by atoms with Gasteiger partial charge < -0.3 is 14.9 Å². The number of carbonyl (C=O) groups is 4. The highest BCUT2D eigenvalue weighted by molar-refractivity contribution is 14.1. The summed E-state index contributed by atoms with van der Waals surface area (Å²) in [6.45, 7) is 5.09. The van der Waals surface area contributed by atoms with E-state index in [-0.39, 0.29) is 19.3 Å². The molecule has 1 saturated heterocycles. The second-order valence-corrected chi connectivity index (χ2v) is 8.27. The summed E-state index contributed by atoms with van der Waals surface area (Å²) in [4.78, 5) is 52.9. The van der Waals surface area contributed by atoms with Crippen molar-refractivity contribution in [3.63, 3.8) is 0 Å². The van der Waals surface area contributed by atoms with Gasteiger partial charge in [-0.05, 0) is 61.1 Å². The normalized spacial score (nSPS) is 15.5. The van der Waals surface area contributed by atoms with Crippen molar-refractivity contribution in [1.82, 2.24) is 10.4 Å². The van der Waals surface area contributed by atoms with Crippen LogP contribution in [0.25, 0.3) is 0 Å². The Morgan fingerprint density at radius 3 is 2.22 bits per heavy atom. The molecule has 1 heterocycles. The minimum absolute atomic E-state index is 0.00655. The van der Waals surface area contributed by atoms with Crippen molar-refractivity contribution in [3.05, 3.63) is 33.4 Å². The lowest BCUT2D eigenvalue weighted by Gasteiger charge is -2.23. The molecule has 2 rings (SSSR count). The number of hydroxylamine groups is 2. The molecule has 8 nitrogen and oxygen atoms in total. The van der Waals surface area contributed by atoms with Crippen molar-refractivity contribution in [1.29, 1.82) is 0 Å². The highest BCUT2D eigenvalue weighted by Gasteiger charge is 2.35. The minimum Gasteiger partial charge on any atom is -0.444 e. The fourth-order valence-electron chi connectivity index (χ4n) is 2.31. The summed E-state index contributed by atoms with van der Waals surface area (Å²) in [5, 5.41) is 2.91. The number of halogens is 1. The zero-order chi connectivity index (χ0) is 20.2. The van der Waals surface area contributed by atoms with E-state index in [0.717, 1.165) is 9.13 Å². The predicted molar refractivity (Wildman–Crippen MR) is 103 cm³/mol. The number of amides is 3. The zero-order valence-corrected chi connectivity index (χ0v) is 17.4. The molecular formula is C18H21IN2O6. The molecule has 1 aromatic rings. The number of alkyl carbamates (subject to hydrolysis) is 1. The van der Waals surface area contributed by atoms with Gasteiger partial charge in [0.2, 0.25) is 0 Å². The van der Waals surface area contributed by atoms with Crippen molar-refractivity contribution in [2.24, 2.45) is 0 Å². The average molecular weight is 488 g/mol. The Balaban J connectivity index is 2.13. The first-order valence-electron chi connectivity index (χ1n) is 8.37. The standard InChI is InChI=1S/C18H21IN2O6/c1-18(2,3)26-17(25)20-13(10-11-4-6-12(19)7-5-11)16(24)27-21-14(22)8-9-15(21)23/h4-7,13H,8-10H2,1-3H3,(H,20,25)/t13-/m0/s1. The third-order valence-corrected chi connectivity index (χ3v) is 4.23. The maximum Gasteiger partial charge on any atom is 0.408 e. The van der Waals surface area contributed by atoms with Gasteiger partial charge in [-0.25, -0.2) is 9.59 Å². The lowest BCUT2D eigenvalue weighted by atomic mass is 10.1. The molecule has 0 spiro atoms. The van der Waals surface area contributed by atoms with E-state index < -0.39 is 35.5 Å². The van der Waals surface area contributed by atoms with E-state index in [0.29, 0.717) is 5.06 Å². The maximum atomic E-state index is 12.5. The summed E-state index contributed by atoms with van der Waals surface area (Å²) >= 11 is 2.15. The Morgan fingerprint density at radius 1 is 1.15 bits per heavy atom. The van der Waals surface area contributed by atoms with Crippen LogP contribution in [0.2, 0.25) is 0 Å². The average Bonchev–Trinajstić information content (AvgIpc) is 2.86. The maximum absolute atomic E-state index is 12.5. The molecule has 1 aromatic carbocycles. The number of nitrogens with zero attached hydrogens (tertiary/aromatic N) is 1. The van der Waals surface area contributed by atoms with Gasteiger partial charge in [-0.15, -0.1) is 5.06 Å². The van der Waals surface area contributed by atoms with Crippen LogP contribution in [0.3, 0.4) is 0 Å². The predicted octanol–water partition coefficient (Wildman–Crippen LogP) is 2.33. The molecule has 1 atom stereocenters. The SMILES string of the molecule is CC(C)(C)OC(=O)N[C@@H](Cc1ccc(I)cc1)C(=O)ON1C(=O)CCC1=O. The van der Waals surface area contributed by atoms with Crippen LogP contribution in [-0.2, 0) is 30.4 Å². The molecule has 9 heteroatoms. The van der Waals surface area contributed by atoms with E-state index in [1.807, 2.05) is 24.3 Å². The van der Waals surface area contributed by atoms with Gasteiger partial charge in [0.1, 0.15) is 11.6 Å². The summed E-state index contributed by atoms with van der Waals surface area (Å²) < 4.78 is 6.20. The smallest absolute Gasteiger partial charge is 0.408 e. The van der Waals surface area contributed by atoms with Crippen molar-refractivity contribution >= 4 is 46.5 Å². The quantitative estimate of drug-likeness (QED) is 0.505. The first-order chi connectivity index (χ1) is 12.5. The Bertz CT molecular complexity index is 725. The van der Waals surface area contributed by atoms with Crippen molar-refractivity contribution < 1.29 is 28.8 Å². The molecule has 0 aromatic heterocycles. The number of ether oxygens (including phenoxy) is 1. The topological polar surface area (TPSA) is 102 Å². The summed E-state index contributed by atoms with van der Waals surface area (Å²) in [6.07, 6.45) is -0.694. The van der Waals surface area contributed by atoms with E-state index in [2.05, 4.69) is 27.9 Å². The third-order valence-electron chi connectivity index (χ3n) is 3.52. The molecule has 0 bridgehead atoms. The van der Waals surface area contributed by atoms with Crippen molar-refractivity contribution in [3.8, 4) is 0 Å². The number of hydrogen-bond acceptors (Lipinski definition) is 6. The Kier molecular flexibility index (Phi) is 6.79. The highest BCUT2D eigenvalue weighted by Crippen LogP contribution is 2.15. The molecule has 0 radical (unpaired) electrons. The lowest BCUT2D eigenvalue weighted by molar-refractivity contribution is -0.198. The van der Waals surface area contributed by atoms with Gasteiger partial charge in [0, 0.05) is 22.8 Å². The summed E-state index contributed by atoms with van der Waals surface area (Å²) in [5.41, 5.74) is 0.0231. The Labute approximate surface area is 170 Å². The Hall–Kier alpha value is -2.17. The molecule has 1 aliphatic heterocycles. The molecule has 0 saturated carbocycles. The molecule has 1 fully saturated rings. The summed E-state index contributed by atoms with van der Waals surface area (Å²) in [5.74, 6) is -2.08. The monoisotopic (exact) mass is 488 g/mol. The van der Waals surface area contributed by atoms with E-state index in [1.54, 1.807) is 20.8 Å². The number of hydrogen-bond donors (Lipinski definition) is 1. The molecule has 1 N–H and O–H groups in total. The third kappa shape index (κ3) is 6.49. The highest BCUT2D eigenvalue weighted by atomic mass is 127. The number of nitrogens with one attached hydrogen (secondary N) is 1. The van der Waals surface area contributed by atoms with Crippen LogP contribution in [-0.4, -0.2) is 40.6 Å². The molecule has 0 unspecified atom stereocenters. The molecule has 3 amide bonds. The number of rotatable bonds is 5. The van der Waals surface area contributed by atoms with Gasteiger partial charge in [0.05, 0.1) is 0 Å². The van der Waals surface area contributed by atoms with Crippen LogP contribution in [0.5, 0.6) is 0 Å². The Morgan fingerprint density at radius 2 is 1.70 bits per heavy atom. The first kappa shape index (κ1) is 21.1. The van der Waals surface area contributed by atoms with E-state index >= 15 is 0 Å². The minimum atomic E-state index is -1.12. The zero-order valence-electron chi connectivity index (χ0n) is 15.3. The van der Waals surface area contributed by atoms with Gasteiger partial charge in [-0.1, -0.05) is 12.1 Å². The van der Waals surface area contributed by atoms with E-state index in [4.69, 9.17) is 9.57 Å². The summed E-state index contributed by atoms with van der Waals surface area (Å²) in [6, 6.07) is 6.22. The van der Waals surface area contributed by atoms with Crippen LogP contribution in [0.1, 0.15) is 39.2 Å². The van der Waals surface area contributed by atoms with Crippen LogP contribution in [0.4, 0.5) is 4.79 Å². The number of imide groups is 1. The van der Waals surface area contributed by atoms with Crippen LogP contribution in [0.15, 0.2) is 24.3 Å². The van der Waals surface area contributed by atoms with Crippen LogP contribution in [0, 0.1) is 3.57 Å². The molecule has 0 aliphatic carbocycles. The van der Waals surface area contributed by atoms with Gasteiger partial charge in [-0.2, -0.15) is 0 Å². The van der Waals surface area contributed by atoms with Gasteiger partial charge in [0.25, 0.3) is 11.8 Å². The van der Waals surface area contributed by atoms with Gasteiger partial charge >= 0.3 is 12.1 Å². The summed E-state index contributed by atoms with van der Waals surface area (Å²) in [7, 11) is 0. The molecule has 27 heavy (non-hydrogen) atoms. The fraction of sp³-hybridized carbons (Fsp3) is 0.444. The van der Waals surface area contributed by atoms with Crippen molar-refractivity contribution in [2.75, 3.05) is 0 Å². The number of carbonyl (C=O) groups excluding carboxylic acids is 4. The first-order valence-corrected chi connectivity index (χ1v) is 9.44. The largest absolute Gasteiger partial charge is 0.444 e. The van der Waals surface area contributed by atoms with Crippen molar-refractivity contribution in [2.45, 2.75) is 51.7 Å². The van der Waals surface area contributed by atoms with E-state index in [9.17, 15) is 19.2 Å². The van der Waals surface area contributed by atoms with Gasteiger partial charge in [0.15, 0.2) is 0 Å². The second kappa shape index (κ2) is 8.68. The number of benzene rings is 1. The fourth-order valence-corrected chi connectivity index (χ4v) is 2.67. The molecule has 1 aliphatic rings. The van der Waals surface area contributed by atoms with Crippen LogP contribution < -0.4 is 5.32 Å². The molecular weight excluding hydrogens is 467 g/mol.